The van der Waals surface area contributed by atoms with Crippen LogP contribution in [0.2, 0.25) is 0 Å². The van der Waals surface area contributed by atoms with Crippen LogP contribution in [0.3, 0.4) is 0 Å². The van der Waals surface area contributed by atoms with E-state index in [-0.39, 0.29) is 22.1 Å². The minimum atomic E-state index is -3.35. The molecule has 28 heavy (non-hydrogen) atoms. The average Bonchev–Trinajstić information content (AvgIpc) is 3.01. The van der Waals surface area contributed by atoms with Crippen molar-refractivity contribution in [3.05, 3.63) is 36.4 Å². The van der Waals surface area contributed by atoms with Crippen LogP contribution in [0.25, 0.3) is 10.1 Å². The van der Waals surface area contributed by atoms with Gasteiger partial charge in [0.1, 0.15) is 17.2 Å². The smallest absolute Gasteiger partial charge is 0.181 e. The van der Waals surface area contributed by atoms with Crippen molar-refractivity contribution in [2.75, 3.05) is 19.5 Å². The third-order valence-corrected chi connectivity index (χ3v) is 6.83. The molecule has 1 N–H and O–H groups in total. The van der Waals surface area contributed by atoms with Crippen LogP contribution in [0.15, 0.2) is 51.5 Å². The first-order chi connectivity index (χ1) is 13.4. The lowest BCUT2D eigenvalue weighted by atomic mass is 10.2. The first-order valence-corrected chi connectivity index (χ1v) is 11.1. The lowest BCUT2D eigenvalue weighted by Gasteiger charge is -2.06. The van der Waals surface area contributed by atoms with Crippen molar-refractivity contribution in [1.82, 2.24) is 0 Å². The summed E-state index contributed by atoms with van der Waals surface area (Å²) in [5.41, 5.74) is 0.365. The Bertz CT molecular complexity index is 1140. The van der Waals surface area contributed by atoms with E-state index >= 15 is 0 Å². The first kappa shape index (κ1) is 20.1. The van der Waals surface area contributed by atoms with Crippen LogP contribution in [-0.2, 0) is 9.84 Å². The van der Waals surface area contributed by atoms with E-state index in [4.69, 9.17) is 9.47 Å². The van der Waals surface area contributed by atoms with Gasteiger partial charge in [-0.25, -0.2) is 8.42 Å². The standard InChI is InChI=1S/C19H20N2O5S2/c1-4-26-12-6-8-14-17(10-12)27-19(18(14)22)21-20-15-9-7-13(11-16(15)25-3)28(23,24)5-2/h6-11,22H,4-5H2,1-3H3. The average molecular weight is 421 g/mol. The Labute approximate surface area is 167 Å². The number of hydrogen-bond donors (Lipinski definition) is 1. The molecule has 3 rings (SSSR count). The van der Waals surface area contributed by atoms with E-state index in [1.807, 2.05) is 13.0 Å². The zero-order valence-electron chi connectivity index (χ0n) is 15.7. The number of aromatic hydroxyl groups is 1. The fraction of sp³-hybridized carbons (Fsp3) is 0.263. The molecule has 2 aromatic carbocycles. The number of fused-ring (bicyclic) bond motifs is 1. The predicted molar refractivity (Wildman–Crippen MR) is 110 cm³/mol. The number of thiophene rings is 1. The van der Waals surface area contributed by atoms with E-state index in [2.05, 4.69) is 10.2 Å². The minimum Gasteiger partial charge on any atom is -0.504 e. The predicted octanol–water partition coefficient (Wildman–Crippen LogP) is 5.22. The van der Waals surface area contributed by atoms with E-state index in [9.17, 15) is 13.5 Å². The van der Waals surface area contributed by atoms with Crippen molar-refractivity contribution in [1.29, 1.82) is 0 Å². The SMILES string of the molecule is CCOc1ccc2c(O)c(N=Nc3ccc(S(=O)(=O)CC)cc3OC)sc2c1. The molecule has 9 heteroatoms. The highest BCUT2D eigenvalue weighted by Crippen LogP contribution is 2.45. The molecule has 0 fully saturated rings. The summed E-state index contributed by atoms with van der Waals surface area (Å²) < 4.78 is 35.6. The topological polar surface area (TPSA) is 97.5 Å². The van der Waals surface area contributed by atoms with Crippen molar-refractivity contribution in [2.45, 2.75) is 18.7 Å². The molecule has 148 valence electrons. The highest BCUT2D eigenvalue weighted by atomic mass is 32.2. The molecule has 0 atom stereocenters. The van der Waals surface area contributed by atoms with Crippen LogP contribution in [0, 0.1) is 0 Å². The highest BCUT2D eigenvalue weighted by Gasteiger charge is 2.15. The fourth-order valence-electron chi connectivity index (χ4n) is 2.57. The van der Waals surface area contributed by atoms with Gasteiger partial charge in [-0.05, 0) is 37.3 Å². The molecule has 0 aliphatic heterocycles. The van der Waals surface area contributed by atoms with Gasteiger partial charge in [0, 0.05) is 16.2 Å². The van der Waals surface area contributed by atoms with Crippen LogP contribution in [0.5, 0.6) is 17.2 Å². The number of ether oxygens (including phenoxy) is 2. The largest absolute Gasteiger partial charge is 0.504 e. The minimum absolute atomic E-state index is 0.00356. The molecular formula is C19H20N2O5S2. The molecule has 0 spiro atoms. The number of hydrogen-bond acceptors (Lipinski definition) is 8. The van der Waals surface area contributed by atoms with Gasteiger partial charge >= 0.3 is 0 Å². The molecule has 0 saturated heterocycles. The van der Waals surface area contributed by atoms with Gasteiger partial charge in [0.05, 0.1) is 24.4 Å². The normalized spacial score (nSPS) is 12.0. The number of azo groups is 1. The Balaban J connectivity index is 1.96. The van der Waals surface area contributed by atoms with Crippen molar-refractivity contribution in [3.8, 4) is 17.2 Å². The quantitative estimate of drug-likeness (QED) is 0.528. The van der Waals surface area contributed by atoms with Gasteiger partial charge < -0.3 is 14.6 Å². The molecule has 0 aliphatic carbocycles. The molecule has 3 aromatic rings. The molecule has 0 aliphatic rings. The van der Waals surface area contributed by atoms with E-state index in [1.165, 1.54) is 36.6 Å². The summed E-state index contributed by atoms with van der Waals surface area (Å²) >= 11 is 1.28. The zero-order chi connectivity index (χ0) is 20.3. The van der Waals surface area contributed by atoms with Gasteiger partial charge in [0.2, 0.25) is 0 Å². The van der Waals surface area contributed by atoms with E-state index in [1.54, 1.807) is 19.1 Å². The van der Waals surface area contributed by atoms with Gasteiger partial charge in [-0.3, -0.25) is 0 Å². The second-order valence-electron chi connectivity index (χ2n) is 5.78. The third-order valence-electron chi connectivity index (χ3n) is 4.07. The molecule has 0 amide bonds. The van der Waals surface area contributed by atoms with Crippen LogP contribution in [0.1, 0.15) is 13.8 Å². The molecule has 0 saturated carbocycles. The molecule has 0 bridgehead atoms. The van der Waals surface area contributed by atoms with Crippen LogP contribution in [-0.4, -0.2) is 33.0 Å². The molecular weight excluding hydrogens is 400 g/mol. The Morgan fingerprint density at radius 2 is 1.89 bits per heavy atom. The molecule has 1 aromatic heterocycles. The zero-order valence-corrected chi connectivity index (χ0v) is 17.3. The lowest BCUT2D eigenvalue weighted by molar-refractivity contribution is 0.341. The van der Waals surface area contributed by atoms with Crippen molar-refractivity contribution in [3.63, 3.8) is 0 Å². The summed E-state index contributed by atoms with van der Waals surface area (Å²) in [5, 5.41) is 19.7. The fourth-order valence-corrected chi connectivity index (χ4v) is 4.42. The first-order valence-electron chi connectivity index (χ1n) is 8.60. The number of methoxy groups -OCH3 is 1. The van der Waals surface area contributed by atoms with E-state index < -0.39 is 9.84 Å². The van der Waals surface area contributed by atoms with Crippen LogP contribution >= 0.6 is 11.3 Å². The van der Waals surface area contributed by atoms with E-state index in [0.29, 0.717) is 28.4 Å². The maximum Gasteiger partial charge on any atom is 0.181 e. The number of sulfone groups is 1. The molecule has 7 nitrogen and oxygen atoms in total. The van der Waals surface area contributed by atoms with Crippen molar-refractivity contribution < 1.29 is 23.0 Å². The Kier molecular flexibility index (Phi) is 5.85. The van der Waals surface area contributed by atoms with Crippen molar-refractivity contribution in [2.24, 2.45) is 10.2 Å². The highest BCUT2D eigenvalue weighted by molar-refractivity contribution is 7.91. The second kappa shape index (κ2) is 8.15. The number of nitrogens with zero attached hydrogens (tertiary/aromatic N) is 2. The summed E-state index contributed by atoms with van der Waals surface area (Å²) in [6.45, 7) is 4.04. The van der Waals surface area contributed by atoms with Gasteiger partial charge in [-0.1, -0.05) is 6.92 Å². The maximum absolute atomic E-state index is 12.0. The Morgan fingerprint density at radius 1 is 1.11 bits per heavy atom. The molecule has 0 unspecified atom stereocenters. The number of benzene rings is 2. The molecule has 0 radical (unpaired) electrons. The summed E-state index contributed by atoms with van der Waals surface area (Å²) in [4.78, 5) is 0.166. The maximum atomic E-state index is 12.0. The molecule has 1 heterocycles. The van der Waals surface area contributed by atoms with Crippen LogP contribution in [0.4, 0.5) is 10.7 Å². The summed E-state index contributed by atoms with van der Waals surface area (Å²) in [7, 11) is -1.92. The Hall–Kier alpha value is -2.65. The summed E-state index contributed by atoms with van der Waals surface area (Å²) in [5.74, 6) is 1.04. The van der Waals surface area contributed by atoms with Crippen LogP contribution < -0.4 is 9.47 Å². The van der Waals surface area contributed by atoms with Gasteiger partial charge in [-0.15, -0.1) is 21.6 Å². The van der Waals surface area contributed by atoms with E-state index in [0.717, 1.165) is 4.70 Å². The second-order valence-corrected chi connectivity index (χ2v) is 9.09. The number of rotatable bonds is 7. The monoisotopic (exact) mass is 420 g/mol. The van der Waals surface area contributed by atoms with Gasteiger partial charge in [-0.2, -0.15) is 0 Å². The Morgan fingerprint density at radius 3 is 2.57 bits per heavy atom. The summed E-state index contributed by atoms with van der Waals surface area (Å²) in [6, 6.07) is 9.82. The lowest BCUT2D eigenvalue weighted by Crippen LogP contribution is -2.03. The van der Waals surface area contributed by atoms with Crippen molar-refractivity contribution >= 4 is 41.9 Å². The third kappa shape index (κ3) is 3.95. The van der Waals surface area contributed by atoms with Gasteiger partial charge in [0.25, 0.3) is 0 Å². The van der Waals surface area contributed by atoms with Gasteiger partial charge in [0.15, 0.2) is 20.6 Å². The summed E-state index contributed by atoms with van der Waals surface area (Å²) in [6.07, 6.45) is 0.